The molecule has 1 fully saturated rings. The highest BCUT2D eigenvalue weighted by Crippen LogP contribution is 2.32. The fourth-order valence-corrected chi connectivity index (χ4v) is 3.44. The van der Waals surface area contributed by atoms with Gasteiger partial charge in [0.05, 0.1) is 19.6 Å². The molecule has 3 rings (SSSR count). The van der Waals surface area contributed by atoms with Crippen molar-refractivity contribution >= 4 is 28.6 Å². The number of carbonyl (C=O) groups is 1. The van der Waals surface area contributed by atoms with Crippen molar-refractivity contribution < 1.29 is 19.4 Å². The Bertz CT molecular complexity index is 727. The molecule has 2 aromatic rings. The number of carbonyl (C=O) groups excluding carboxylic acids is 1. The zero-order valence-corrected chi connectivity index (χ0v) is 15.5. The van der Waals surface area contributed by atoms with Crippen LogP contribution in [0.5, 0.6) is 11.5 Å². The van der Waals surface area contributed by atoms with Gasteiger partial charge in [0.25, 0.3) is 0 Å². The molecule has 0 aromatic heterocycles. The number of benzene rings is 2. The van der Waals surface area contributed by atoms with Gasteiger partial charge < -0.3 is 14.6 Å². The smallest absolute Gasteiger partial charge is 0.309 e. The van der Waals surface area contributed by atoms with E-state index in [0.717, 1.165) is 17.5 Å². The predicted octanol–water partition coefficient (Wildman–Crippen LogP) is 3.58. The van der Waals surface area contributed by atoms with Crippen molar-refractivity contribution in [1.82, 2.24) is 0 Å². The maximum Gasteiger partial charge on any atom is 0.309 e. The maximum atomic E-state index is 12.1. The molecule has 0 saturated carbocycles. The predicted molar refractivity (Wildman–Crippen MR) is 99.2 cm³/mol. The van der Waals surface area contributed by atoms with Gasteiger partial charge in [-0.25, -0.2) is 0 Å². The van der Waals surface area contributed by atoms with Crippen LogP contribution >= 0.6 is 22.6 Å². The Morgan fingerprint density at radius 1 is 1.17 bits per heavy atom. The van der Waals surface area contributed by atoms with Crippen LogP contribution in [-0.2, 0) is 22.4 Å². The molecule has 0 amide bonds. The van der Waals surface area contributed by atoms with Crippen LogP contribution in [-0.4, -0.2) is 24.8 Å². The van der Waals surface area contributed by atoms with E-state index in [1.165, 1.54) is 10.7 Å². The second-order valence-electron chi connectivity index (χ2n) is 6.04. The summed E-state index contributed by atoms with van der Waals surface area (Å²) in [6, 6.07) is 13.5. The van der Waals surface area contributed by atoms with Crippen LogP contribution in [0.25, 0.3) is 0 Å². The molecule has 2 aromatic carbocycles. The lowest BCUT2D eigenvalue weighted by atomic mass is 9.85. The van der Waals surface area contributed by atoms with Crippen LogP contribution in [0.15, 0.2) is 42.5 Å². The monoisotopic (exact) mass is 438 g/mol. The molecule has 1 N–H and O–H groups in total. The zero-order chi connectivity index (χ0) is 17.1. The topological polar surface area (TPSA) is 55.8 Å². The first-order valence-electron chi connectivity index (χ1n) is 7.84. The van der Waals surface area contributed by atoms with Crippen molar-refractivity contribution in [2.45, 2.75) is 12.8 Å². The van der Waals surface area contributed by atoms with Crippen molar-refractivity contribution in [1.29, 1.82) is 0 Å². The first kappa shape index (κ1) is 17.1. The van der Waals surface area contributed by atoms with E-state index in [-0.39, 0.29) is 23.6 Å². The van der Waals surface area contributed by atoms with Gasteiger partial charge in [0.2, 0.25) is 0 Å². The minimum Gasteiger partial charge on any atom is -0.504 e. The molecule has 24 heavy (non-hydrogen) atoms. The standard InChI is InChI=1S/C19H19IO4/c1-23-18-10-13(4-7-17(18)21)8-14-11-24-19(22)16(14)9-12-2-5-15(20)6-3-12/h2-7,10,14,16,21H,8-9,11H2,1H3/t14-,16+/m0/s1. The Labute approximate surface area is 154 Å². The van der Waals surface area contributed by atoms with Crippen molar-refractivity contribution in [2.24, 2.45) is 11.8 Å². The fourth-order valence-electron chi connectivity index (χ4n) is 3.08. The summed E-state index contributed by atoms with van der Waals surface area (Å²) in [6.07, 6.45) is 1.41. The van der Waals surface area contributed by atoms with E-state index >= 15 is 0 Å². The molecule has 0 aliphatic carbocycles. The summed E-state index contributed by atoms with van der Waals surface area (Å²) in [7, 11) is 1.53. The van der Waals surface area contributed by atoms with Gasteiger partial charge in [0.1, 0.15) is 0 Å². The number of rotatable bonds is 5. The molecule has 126 valence electrons. The summed E-state index contributed by atoms with van der Waals surface area (Å²) in [5, 5.41) is 9.70. The van der Waals surface area contributed by atoms with Gasteiger partial charge in [-0.2, -0.15) is 0 Å². The average molecular weight is 438 g/mol. The number of esters is 1. The van der Waals surface area contributed by atoms with Crippen LogP contribution in [0, 0.1) is 15.4 Å². The number of hydrogen-bond acceptors (Lipinski definition) is 4. The van der Waals surface area contributed by atoms with Crippen molar-refractivity contribution in [3.05, 3.63) is 57.2 Å². The van der Waals surface area contributed by atoms with Gasteiger partial charge in [-0.15, -0.1) is 0 Å². The Hall–Kier alpha value is -1.76. The minimum atomic E-state index is -0.134. The van der Waals surface area contributed by atoms with E-state index < -0.39 is 0 Å². The number of phenolic OH excluding ortho intramolecular Hbond substituents is 1. The molecule has 5 heteroatoms. The number of aromatic hydroxyl groups is 1. The molecule has 0 bridgehead atoms. The van der Waals surface area contributed by atoms with E-state index in [4.69, 9.17) is 9.47 Å². The van der Waals surface area contributed by atoms with Gasteiger partial charge >= 0.3 is 5.97 Å². The normalized spacial score (nSPS) is 20.0. The first-order chi connectivity index (χ1) is 11.6. The second kappa shape index (κ2) is 7.42. The van der Waals surface area contributed by atoms with E-state index in [1.807, 2.05) is 12.1 Å². The number of halogens is 1. The third-order valence-corrected chi connectivity index (χ3v) is 5.14. The Balaban J connectivity index is 1.74. The lowest BCUT2D eigenvalue weighted by Crippen LogP contribution is -2.20. The largest absolute Gasteiger partial charge is 0.504 e. The van der Waals surface area contributed by atoms with Gasteiger partial charge in [0.15, 0.2) is 11.5 Å². The van der Waals surface area contributed by atoms with Crippen LogP contribution in [0.2, 0.25) is 0 Å². The van der Waals surface area contributed by atoms with Crippen molar-refractivity contribution in [2.75, 3.05) is 13.7 Å². The highest BCUT2D eigenvalue weighted by atomic mass is 127. The summed E-state index contributed by atoms with van der Waals surface area (Å²) < 4.78 is 11.6. The molecule has 1 heterocycles. The highest BCUT2D eigenvalue weighted by Gasteiger charge is 2.36. The van der Waals surface area contributed by atoms with Gasteiger partial charge in [-0.1, -0.05) is 18.2 Å². The van der Waals surface area contributed by atoms with Gasteiger partial charge in [-0.05, 0) is 70.8 Å². The van der Waals surface area contributed by atoms with Crippen LogP contribution in [0.1, 0.15) is 11.1 Å². The van der Waals surface area contributed by atoms with E-state index in [9.17, 15) is 9.90 Å². The summed E-state index contributed by atoms with van der Waals surface area (Å²) in [6.45, 7) is 0.442. The SMILES string of the molecule is COc1cc(C[C@H]2COC(=O)[C@@H]2Cc2ccc(I)cc2)ccc1O. The number of hydrogen-bond donors (Lipinski definition) is 1. The molecule has 0 radical (unpaired) electrons. The molecule has 1 saturated heterocycles. The van der Waals surface area contributed by atoms with Gasteiger partial charge in [-0.3, -0.25) is 4.79 Å². The number of cyclic esters (lactones) is 1. The minimum absolute atomic E-state index is 0.121. The number of phenols is 1. The molecule has 1 aliphatic rings. The number of methoxy groups -OCH3 is 1. The lowest BCUT2D eigenvalue weighted by Gasteiger charge is -2.16. The summed E-state index contributed by atoms with van der Waals surface area (Å²) >= 11 is 2.27. The average Bonchev–Trinajstić information content (AvgIpc) is 2.92. The quantitative estimate of drug-likeness (QED) is 0.573. The summed E-state index contributed by atoms with van der Waals surface area (Å²) in [5.41, 5.74) is 2.17. The molecule has 1 aliphatic heterocycles. The summed E-state index contributed by atoms with van der Waals surface area (Å²) in [4.78, 5) is 12.1. The molecular weight excluding hydrogens is 419 g/mol. The Morgan fingerprint density at radius 2 is 1.88 bits per heavy atom. The zero-order valence-electron chi connectivity index (χ0n) is 13.4. The second-order valence-corrected chi connectivity index (χ2v) is 7.28. The third kappa shape index (κ3) is 3.83. The van der Waals surface area contributed by atoms with Crippen molar-refractivity contribution in [3.63, 3.8) is 0 Å². The highest BCUT2D eigenvalue weighted by molar-refractivity contribution is 14.1. The number of ether oxygens (including phenoxy) is 2. The van der Waals surface area contributed by atoms with Gasteiger partial charge in [0, 0.05) is 9.49 Å². The molecule has 0 spiro atoms. The third-order valence-electron chi connectivity index (χ3n) is 4.42. The molecule has 4 nitrogen and oxygen atoms in total. The Morgan fingerprint density at radius 3 is 2.58 bits per heavy atom. The van der Waals surface area contributed by atoms with E-state index in [1.54, 1.807) is 6.07 Å². The first-order valence-corrected chi connectivity index (χ1v) is 8.91. The van der Waals surface area contributed by atoms with E-state index in [0.29, 0.717) is 18.8 Å². The summed E-state index contributed by atoms with van der Waals surface area (Å²) in [5.74, 6) is 0.447. The van der Waals surface area contributed by atoms with E-state index in [2.05, 4.69) is 46.9 Å². The lowest BCUT2D eigenvalue weighted by molar-refractivity contribution is -0.141. The Kier molecular flexibility index (Phi) is 5.28. The molecule has 0 unspecified atom stereocenters. The fraction of sp³-hybridized carbons (Fsp3) is 0.316. The van der Waals surface area contributed by atoms with Crippen LogP contribution < -0.4 is 4.74 Å². The van der Waals surface area contributed by atoms with Crippen molar-refractivity contribution in [3.8, 4) is 11.5 Å². The van der Waals surface area contributed by atoms with Crippen LogP contribution in [0.3, 0.4) is 0 Å². The van der Waals surface area contributed by atoms with Crippen LogP contribution in [0.4, 0.5) is 0 Å². The molecule has 2 atom stereocenters. The molecular formula is C19H19IO4. The maximum absolute atomic E-state index is 12.1.